The molecule has 4 fully saturated rings. The van der Waals surface area contributed by atoms with E-state index in [1.54, 1.807) is 0 Å². The molecule has 2 saturated carbocycles. The van der Waals surface area contributed by atoms with Gasteiger partial charge >= 0.3 is 0 Å². The monoisotopic (exact) mass is 1190 g/mol. The second kappa shape index (κ2) is 27.1. The fourth-order valence-electron chi connectivity index (χ4n) is 10.3. The highest BCUT2D eigenvalue weighted by Crippen LogP contribution is 2.39. The van der Waals surface area contributed by atoms with Crippen LogP contribution in [0.25, 0.3) is 22.1 Å². The quantitative estimate of drug-likeness (QED) is 0.0346. The number of aliphatic hydroxyl groups excluding tert-OH is 2. The molecule has 19 nitrogen and oxygen atoms in total. The lowest BCUT2D eigenvalue weighted by atomic mass is 10.0. The fourth-order valence-corrected chi connectivity index (χ4v) is 11.9. The molecule has 4 aliphatic rings. The third-order valence-corrected chi connectivity index (χ3v) is 18.3. The van der Waals surface area contributed by atoms with E-state index in [1.165, 1.54) is 26.9 Å². The van der Waals surface area contributed by atoms with Crippen LogP contribution in [0.15, 0.2) is 53.8 Å². The van der Waals surface area contributed by atoms with Crippen LogP contribution in [0, 0.1) is 23.3 Å². The highest BCUT2D eigenvalue weighted by molar-refractivity contribution is 6.76. The number of aromatic nitrogens is 8. The number of nitrogens with one attached hydrogen (secondary N) is 2. The predicted molar refractivity (Wildman–Crippen MR) is 303 cm³/mol. The molecule has 2 amide bonds. The number of benzene rings is 2. The maximum absolute atomic E-state index is 14.7. The van der Waals surface area contributed by atoms with Crippen molar-refractivity contribution in [3.63, 3.8) is 0 Å². The van der Waals surface area contributed by atoms with Crippen LogP contribution < -0.4 is 16.6 Å². The van der Waals surface area contributed by atoms with Gasteiger partial charge in [0.2, 0.25) is 0 Å². The molecule has 0 bridgehead atoms. The van der Waals surface area contributed by atoms with Crippen molar-refractivity contribution in [2.75, 3.05) is 31.6 Å². The van der Waals surface area contributed by atoms with Crippen LogP contribution in [-0.2, 0) is 22.9 Å². The Balaban J connectivity index is 0.000000210. The van der Waals surface area contributed by atoms with Crippen molar-refractivity contribution in [3.05, 3.63) is 105 Å². The minimum absolute atomic E-state index is 0. The number of likely N-dealkylation sites (tertiary alicyclic amines) is 2. The van der Waals surface area contributed by atoms with Gasteiger partial charge in [0.1, 0.15) is 66.6 Å². The minimum Gasteiger partial charge on any atom is -0.392 e. The number of ether oxygens (including phenoxy) is 2. The van der Waals surface area contributed by atoms with Crippen molar-refractivity contribution in [3.8, 4) is 0 Å². The first kappa shape index (κ1) is 63.5. The molecule has 2 saturated heterocycles. The van der Waals surface area contributed by atoms with Crippen molar-refractivity contribution in [2.24, 2.45) is 5.73 Å². The number of H-pyrrole nitrogens is 1. The zero-order valence-electron chi connectivity index (χ0n) is 46.4. The van der Waals surface area contributed by atoms with Gasteiger partial charge in [0.05, 0.1) is 55.1 Å². The zero-order valence-corrected chi connectivity index (χ0v) is 48.4. The largest absolute Gasteiger partial charge is 0.392 e. The maximum Gasteiger partial charge on any atom is 0.275 e. The number of nitrogens with zero attached hydrogens (tertiary/aromatic N) is 9. The van der Waals surface area contributed by atoms with Gasteiger partial charge in [-0.15, -0.1) is 0 Å². The molecule has 8 atom stereocenters. The third-order valence-electron chi connectivity index (χ3n) is 14.9. The highest BCUT2D eigenvalue weighted by atomic mass is 28.3. The number of halogens is 6. The summed E-state index contributed by atoms with van der Waals surface area (Å²) in [6, 6.07) is 5.41. The molecular formula is C55H76F6N12O7Si2. The Bertz CT molecular complexity index is 3230. The number of anilines is 1. The van der Waals surface area contributed by atoms with Crippen molar-refractivity contribution in [1.82, 2.24) is 49.3 Å². The molecule has 6 heterocycles. The molecule has 2 aliphatic carbocycles. The number of carbonyl (C=O) groups excluding carboxylic acids is 2. The Morgan fingerprint density at radius 1 is 0.707 bits per heavy atom. The molecule has 6 aromatic rings. The Kier molecular flexibility index (Phi) is 21.0. The van der Waals surface area contributed by atoms with Crippen LogP contribution in [0.3, 0.4) is 0 Å². The third kappa shape index (κ3) is 15.4. The first-order valence-corrected chi connectivity index (χ1v) is 34.8. The van der Waals surface area contributed by atoms with Gasteiger partial charge in [-0.05, 0) is 87.0 Å². The molecule has 0 radical (unpaired) electrons. The number of rotatable bonds is 16. The Morgan fingerprint density at radius 3 is 1.65 bits per heavy atom. The van der Waals surface area contributed by atoms with Gasteiger partial charge < -0.3 is 45.5 Å². The second-order valence-corrected chi connectivity index (χ2v) is 34.8. The number of aliphatic hydroxyl groups is 2. The summed E-state index contributed by atoms with van der Waals surface area (Å²) < 4.78 is 100. The summed E-state index contributed by atoms with van der Waals surface area (Å²) in [6.45, 7) is 13.7. The number of nitrogens with two attached hydrogens (primary N) is 1. The van der Waals surface area contributed by atoms with E-state index in [9.17, 15) is 45.8 Å². The average molecular weight is 1190 g/mol. The summed E-state index contributed by atoms with van der Waals surface area (Å²) in [4.78, 5) is 57.6. The van der Waals surface area contributed by atoms with E-state index in [0.717, 1.165) is 85.5 Å². The SMILES string of the molecule is C.C[Si](C)(C)CCOCn1nc(C(=O)N2C[C@@H](F)C[C@@H]2c2cc(F)ccc2F)c2c(=O)[nH]cnc21.C[Si](C)(C)CCOCn1nc(C(=O)N2C[C@@H](F)C[C@@H]2c2cc(F)ccc2F)c2c(N[C@@H]3CCC[C@H]3O)ncnc21.N[C@@H]1CCC[C@H]1O. The summed E-state index contributed by atoms with van der Waals surface area (Å²) in [6.07, 6.45) is 3.75. The molecule has 448 valence electrons. The lowest BCUT2D eigenvalue weighted by Crippen LogP contribution is -2.33. The van der Waals surface area contributed by atoms with Crippen molar-refractivity contribution >= 4 is 55.8 Å². The van der Waals surface area contributed by atoms with Gasteiger partial charge in [0.15, 0.2) is 22.7 Å². The zero-order chi connectivity index (χ0) is 58.5. The van der Waals surface area contributed by atoms with Gasteiger partial charge in [-0.2, -0.15) is 10.2 Å². The summed E-state index contributed by atoms with van der Waals surface area (Å²) in [5.74, 6) is -3.93. The molecular weight excluding hydrogens is 1110 g/mol. The van der Waals surface area contributed by atoms with Gasteiger partial charge in [-0.1, -0.05) is 46.7 Å². The Morgan fingerprint density at radius 2 is 1.20 bits per heavy atom. The first-order valence-electron chi connectivity index (χ1n) is 27.4. The smallest absolute Gasteiger partial charge is 0.275 e. The lowest BCUT2D eigenvalue weighted by Gasteiger charge is -2.24. The summed E-state index contributed by atoms with van der Waals surface area (Å²) in [5.41, 5.74) is 4.82. The number of amides is 2. The van der Waals surface area contributed by atoms with Crippen LogP contribution in [0.1, 0.15) is 103 Å². The van der Waals surface area contributed by atoms with Crippen LogP contribution in [0.5, 0.6) is 0 Å². The summed E-state index contributed by atoms with van der Waals surface area (Å²) in [7, 11) is -2.66. The highest BCUT2D eigenvalue weighted by Gasteiger charge is 2.42. The number of carbonyl (C=O) groups is 2. The minimum atomic E-state index is -1.44. The number of hydrogen-bond acceptors (Lipinski definition) is 14. The van der Waals surface area contributed by atoms with Crippen LogP contribution in [0.2, 0.25) is 51.4 Å². The second-order valence-electron chi connectivity index (χ2n) is 23.6. The van der Waals surface area contributed by atoms with E-state index in [1.807, 2.05) is 0 Å². The molecule has 0 spiro atoms. The maximum atomic E-state index is 14.7. The van der Waals surface area contributed by atoms with E-state index < -0.39 is 87.3 Å². The van der Waals surface area contributed by atoms with Crippen molar-refractivity contribution in [1.29, 1.82) is 0 Å². The number of alkyl halides is 2. The summed E-state index contributed by atoms with van der Waals surface area (Å²) >= 11 is 0. The average Bonchev–Trinajstić information content (AvgIpc) is 4.46. The number of hydrogen-bond donors (Lipinski definition) is 5. The first-order chi connectivity index (χ1) is 38.4. The molecule has 27 heteroatoms. The van der Waals surface area contributed by atoms with Crippen molar-refractivity contribution in [2.45, 2.75) is 172 Å². The van der Waals surface area contributed by atoms with E-state index in [-0.39, 0.29) is 98.6 Å². The standard InChI is InChI=1S/C27H35F3N6O3Si.C22H26F3N5O3Si.C5H11NO.CH4/c1-40(2,3)10-9-39-15-36-26-23(25(31-14-32-26)33-20-5-4-6-22(20)37)24(34-36)27(38)35-13-17(29)12-21(35)18-11-16(28)7-8-19(18)30;1-34(2,3)7-6-33-12-30-20-18(21(31)27-11-26-20)19(28-30)22(32)29-10-14(24)9-17(29)15-8-13(23)4-5-16(15)25;6-4-2-1-3-5(4)7;/h7-8,11,14,17,20-22,37H,4-6,9-10,12-13,15H2,1-3H3,(H,31,32,33);4-5,8,11,14,17H,6-7,9-10,12H2,1-3H3,(H,26,27,31);4-5,7H,1-3,6H2;1H4/t17-,20+,21+,22+;14-,17+;4-,5-;/m001./s1. The van der Waals surface area contributed by atoms with Crippen LogP contribution >= 0.6 is 0 Å². The predicted octanol–water partition coefficient (Wildman–Crippen LogP) is 8.80. The van der Waals surface area contributed by atoms with Gasteiger partial charge in [0.25, 0.3) is 17.4 Å². The normalized spacial score (nSPS) is 22.7. The topological polar surface area (TPSA) is 245 Å². The van der Waals surface area contributed by atoms with Crippen LogP contribution in [0.4, 0.5) is 32.2 Å². The molecule has 4 aromatic heterocycles. The van der Waals surface area contributed by atoms with Crippen molar-refractivity contribution < 1.29 is 55.6 Å². The molecule has 2 aromatic carbocycles. The molecule has 82 heavy (non-hydrogen) atoms. The number of aromatic amines is 1. The van der Waals surface area contributed by atoms with Gasteiger partial charge in [-0.3, -0.25) is 14.4 Å². The van der Waals surface area contributed by atoms with E-state index >= 15 is 0 Å². The van der Waals surface area contributed by atoms with Gasteiger partial charge in [-0.25, -0.2) is 50.7 Å². The molecule has 2 aliphatic heterocycles. The van der Waals surface area contributed by atoms with Crippen LogP contribution in [-0.4, -0.2) is 150 Å². The molecule has 10 rings (SSSR count). The summed E-state index contributed by atoms with van der Waals surface area (Å²) in [5, 5.41) is 31.5. The number of fused-ring (bicyclic) bond motifs is 2. The van der Waals surface area contributed by atoms with E-state index in [4.69, 9.17) is 20.3 Å². The van der Waals surface area contributed by atoms with E-state index in [0.29, 0.717) is 36.5 Å². The Labute approximate surface area is 474 Å². The molecule has 6 N–H and O–H groups in total. The fraction of sp³-hybridized carbons (Fsp3) is 0.564. The van der Waals surface area contributed by atoms with Gasteiger partial charge in [0, 0.05) is 59.4 Å². The van der Waals surface area contributed by atoms with E-state index in [2.05, 4.69) is 74.7 Å². The molecule has 0 unspecified atom stereocenters. The lowest BCUT2D eigenvalue weighted by molar-refractivity contribution is 0.0694. The Hall–Kier alpha value is -6.11.